The number of sulfonamides is 1. The van der Waals surface area contributed by atoms with Crippen LogP contribution >= 0.6 is 34.8 Å². The third-order valence-electron chi connectivity index (χ3n) is 6.56. The van der Waals surface area contributed by atoms with Crippen molar-refractivity contribution >= 4 is 62.3 Å². The summed E-state index contributed by atoms with van der Waals surface area (Å²) in [5.41, 5.74) is 1.49. The summed E-state index contributed by atoms with van der Waals surface area (Å²) in [5.74, 6) is -0.948. The highest BCUT2D eigenvalue weighted by atomic mass is 35.5. The van der Waals surface area contributed by atoms with E-state index in [2.05, 4.69) is 5.32 Å². The second-order valence-electron chi connectivity index (χ2n) is 9.52. The Labute approximate surface area is 251 Å². The Bertz CT molecular complexity index is 1470. The zero-order valence-corrected chi connectivity index (χ0v) is 25.8. The number of amides is 2. The molecule has 0 bridgehead atoms. The topological polar surface area (TPSA) is 86.8 Å². The summed E-state index contributed by atoms with van der Waals surface area (Å²) >= 11 is 18.5. The molecule has 11 heteroatoms. The molecule has 214 valence electrons. The molecule has 0 saturated heterocycles. The SMILES string of the molecule is CC[C@H](C)NC(=O)[C@H](C)N(Cc1ccc(Cl)c(Cl)c1)C(=O)CN(c1cc(Cl)ccc1C)S(=O)(=O)c1ccccc1. The van der Waals surface area contributed by atoms with Gasteiger partial charge in [-0.2, -0.15) is 0 Å². The Kier molecular flexibility index (Phi) is 10.9. The fourth-order valence-corrected chi connectivity index (χ4v) is 5.95. The van der Waals surface area contributed by atoms with Crippen LogP contribution in [-0.2, 0) is 26.2 Å². The van der Waals surface area contributed by atoms with Gasteiger partial charge in [-0.3, -0.25) is 13.9 Å². The molecule has 2 amide bonds. The maximum atomic E-state index is 14.0. The van der Waals surface area contributed by atoms with E-state index in [9.17, 15) is 18.0 Å². The molecule has 2 atom stereocenters. The number of carbonyl (C=O) groups excluding carboxylic acids is 2. The fraction of sp³-hybridized carbons (Fsp3) is 0.310. The van der Waals surface area contributed by atoms with Crippen LogP contribution in [-0.4, -0.2) is 43.8 Å². The number of rotatable bonds is 11. The van der Waals surface area contributed by atoms with E-state index in [0.29, 0.717) is 32.6 Å². The van der Waals surface area contributed by atoms with Crippen molar-refractivity contribution in [1.29, 1.82) is 0 Å². The van der Waals surface area contributed by atoms with Crippen LogP contribution < -0.4 is 9.62 Å². The van der Waals surface area contributed by atoms with E-state index in [1.807, 2.05) is 13.8 Å². The smallest absolute Gasteiger partial charge is 0.264 e. The van der Waals surface area contributed by atoms with E-state index in [0.717, 1.165) is 4.31 Å². The van der Waals surface area contributed by atoms with Gasteiger partial charge in [0, 0.05) is 17.6 Å². The number of nitrogens with one attached hydrogen (secondary N) is 1. The highest BCUT2D eigenvalue weighted by Gasteiger charge is 2.33. The van der Waals surface area contributed by atoms with Gasteiger partial charge >= 0.3 is 0 Å². The summed E-state index contributed by atoms with van der Waals surface area (Å²) in [4.78, 5) is 28.5. The molecule has 0 unspecified atom stereocenters. The summed E-state index contributed by atoms with van der Waals surface area (Å²) in [6.45, 7) is 6.58. The Morgan fingerprint density at radius 3 is 2.23 bits per heavy atom. The van der Waals surface area contributed by atoms with E-state index >= 15 is 0 Å². The number of carbonyl (C=O) groups is 2. The maximum Gasteiger partial charge on any atom is 0.264 e. The van der Waals surface area contributed by atoms with Gasteiger partial charge in [0.25, 0.3) is 10.0 Å². The largest absolute Gasteiger partial charge is 0.352 e. The lowest BCUT2D eigenvalue weighted by Crippen LogP contribution is -2.52. The summed E-state index contributed by atoms with van der Waals surface area (Å²) in [5, 5.41) is 3.86. The number of benzene rings is 3. The van der Waals surface area contributed by atoms with Crippen LogP contribution in [0.4, 0.5) is 5.69 Å². The lowest BCUT2D eigenvalue weighted by Gasteiger charge is -2.33. The Morgan fingerprint density at radius 2 is 1.60 bits per heavy atom. The predicted octanol–water partition coefficient (Wildman–Crippen LogP) is 6.48. The van der Waals surface area contributed by atoms with Crippen LogP contribution in [0.2, 0.25) is 15.1 Å². The summed E-state index contributed by atoms with van der Waals surface area (Å²) < 4.78 is 28.8. The second-order valence-corrected chi connectivity index (χ2v) is 12.6. The van der Waals surface area contributed by atoms with Crippen LogP contribution in [0, 0.1) is 6.92 Å². The Hall–Kier alpha value is -2.78. The van der Waals surface area contributed by atoms with Gasteiger partial charge in [0.05, 0.1) is 20.6 Å². The van der Waals surface area contributed by atoms with Gasteiger partial charge in [-0.1, -0.05) is 72.1 Å². The number of halogens is 3. The van der Waals surface area contributed by atoms with E-state index in [-0.39, 0.29) is 29.1 Å². The fourth-order valence-electron chi connectivity index (χ4n) is 3.97. The molecule has 3 aromatic carbocycles. The first-order valence-corrected chi connectivity index (χ1v) is 15.3. The second kappa shape index (κ2) is 13.7. The molecule has 0 radical (unpaired) electrons. The average molecular weight is 625 g/mol. The van der Waals surface area contributed by atoms with Gasteiger partial charge in [-0.15, -0.1) is 0 Å². The van der Waals surface area contributed by atoms with Crippen LogP contribution in [0.1, 0.15) is 38.3 Å². The van der Waals surface area contributed by atoms with Crippen molar-refractivity contribution < 1.29 is 18.0 Å². The standard InChI is InChI=1S/C29H32Cl3N3O4S/c1-5-20(3)33-29(37)21(4)34(17-22-12-14-25(31)26(32)15-22)28(36)18-35(27-16-23(30)13-11-19(27)2)40(38,39)24-9-7-6-8-10-24/h6-16,20-21H,5,17-18H2,1-4H3,(H,33,37)/t20-,21-/m0/s1. The lowest BCUT2D eigenvalue weighted by atomic mass is 10.1. The van der Waals surface area contributed by atoms with Gasteiger partial charge in [0.1, 0.15) is 12.6 Å². The number of aryl methyl sites for hydroxylation is 1. The molecule has 0 aliphatic rings. The zero-order valence-electron chi connectivity index (χ0n) is 22.7. The van der Waals surface area contributed by atoms with Crippen LogP contribution in [0.25, 0.3) is 0 Å². The van der Waals surface area contributed by atoms with Crippen molar-refractivity contribution in [2.24, 2.45) is 0 Å². The molecular weight excluding hydrogens is 593 g/mol. The first kappa shape index (κ1) is 31.7. The van der Waals surface area contributed by atoms with Crippen molar-refractivity contribution in [3.8, 4) is 0 Å². The lowest BCUT2D eigenvalue weighted by molar-refractivity contribution is -0.139. The van der Waals surface area contributed by atoms with E-state index < -0.39 is 28.5 Å². The molecular formula is C29H32Cl3N3O4S. The first-order valence-electron chi connectivity index (χ1n) is 12.7. The van der Waals surface area contributed by atoms with E-state index in [1.165, 1.54) is 23.1 Å². The maximum absolute atomic E-state index is 14.0. The number of nitrogens with zero attached hydrogens (tertiary/aromatic N) is 2. The monoisotopic (exact) mass is 623 g/mol. The summed E-state index contributed by atoms with van der Waals surface area (Å²) in [7, 11) is -4.19. The molecule has 3 rings (SSSR count). The molecule has 0 aromatic heterocycles. The van der Waals surface area contributed by atoms with Gasteiger partial charge in [-0.05, 0) is 74.7 Å². The van der Waals surface area contributed by atoms with Gasteiger partial charge in [-0.25, -0.2) is 8.42 Å². The van der Waals surface area contributed by atoms with Crippen LogP contribution in [0.15, 0.2) is 71.6 Å². The predicted molar refractivity (Wildman–Crippen MR) is 162 cm³/mol. The van der Waals surface area contributed by atoms with Crippen molar-refractivity contribution in [1.82, 2.24) is 10.2 Å². The molecule has 1 N–H and O–H groups in total. The molecule has 0 aliphatic heterocycles. The summed E-state index contributed by atoms with van der Waals surface area (Å²) in [6.07, 6.45) is 0.705. The quantitative estimate of drug-likeness (QED) is 0.265. The molecule has 0 heterocycles. The average Bonchev–Trinajstić information content (AvgIpc) is 2.93. The molecule has 0 spiro atoms. The van der Waals surface area contributed by atoms with Gasteiger partial charge in [0.2, 0.25) is 11.8 Å². The number of hydrogen-bond acceptors (Lipinski definition) is 4. The van der Waals surface area contributed by atoms with Crippen LogP contribution in [0.3, 0.4) is 0 Å². The summed E-state index contributed by atoms with van der Waals surface area (Å²) in [6, 6.07) is 16.6. The van der Waals surface area contributed by atoms with Crippen LogP contribution in [0.5, 0.6) is 0 Å². The minimum Gasteiger partial charge on any atom is -0.352 e. The molecule has 0 aliphatic carbocycles. The zero-order chi connectivity index (χ0) is 29.6. The third-order valence-corrected chi connectivity index (χ3v) is 9.30. The van der Waals surface area contributed by atoms with Crippen molar-refractivity contribution in [2.45, 2.75) is 57.6 Å². The Morgan fingerprint density at radius 1 is 0.925 bits per heavy atom. The molecule has 7 nitrogen and oxygen atoms in total. The molecule has 0 saturated carbocycles. The normalized spacial score (nSPS) is 12.9. The third kappa shape index (κ3) is 7.69. The minimum absolute atomic E-state index is 0.00142. The first-order chi connectivity index (χ1) is 18.8. The van der Waals surface area contributed by atoms with Crippen molar-refractivity contribution in [3.63, 3.8) is 0 Å². The highest BCUT2D eigenvalue weighted by Crippen LogP contribution is 2.30. The van der Waals surface area contributed by atoms with E-state index in [1.54, 1.807) is 62.4 Å². The highest BCUT2D eigenvalue weighted by molar-refractivity contribution is 7.92. The van der Waals surface area contributed by atoms with E-state index in [4.69, 9.17) is 34.8 Å². The number of hydrogen-bond donors (Lipinski definition) is 1. The molecule has 0 fully saturated rings. The molecule has 40 heavy (non-hydrogen) atoms. The molecule has 3 aromatic rings. The van der Waals surface area contributed by atoms with Crippen molar-refractivity contribution in [2.75, 3.05) is 10.8 Å². The van der Waals surface area contributed by atoms with Gasteiger partial charge in [0.15, 0.2) is 0 Å². The Balaban J connectivity index is 2.07. The number of anilines is 1. The minimum atomic E-state index is -4.19. The van der Waals surface area contributed by atoms with Crippen molar-refractivity contribution in [3.05, 3.63) is 92.9 Å². The van der Waals surface area contributed by atoms with Gasteiger partial charge < -0.3 is 10.2 Å².